The van der Waals surface area contributed by atoms with Crippen LogP contribution in [0, 0.1) is 17.8 Å². The Bertz CT molecular complexity index is 527. The number of nitrogens with one attached hydrogen (secondary N) is 1. The monoisotopic (exact) mass is 409 g/mol. The topological polar surface area (TPSA) is 69.7 Å². The van der Waals surface area contributed by atoms with Crippen LogP contribution in [0.1, 0.15) is 79.1 Å². The molecule has 1 aliphatic heterocycles. The summed E-state index contributed by atoms with van der Waals surface area (Å²) in [5.41, 5.74) is 0. The Morgan fingerprint density at radius 3 is 1.97 bits per heavy atom. The normalized spacial score (nSPS) is 17.6. The Morgan fingerprint density at radius 2 is 1.45 bits per heavy atom. The molecule has 0 aromatic rings. The summed E-state index contributed by atoms with van der Waals surface area (Å²) in [4.78, 5) is 41.4. The quantitative estimate of drug-likeness (QED) is 0.568. The zero-order chi connectivity index (χ0) is 22.0. The fourth-order valence-corrected chi connectivity index (χ4v) is 4.10. The number of rotatable bonds is 11. The molecule has 1 rings (SSSR count). The third-order valence-electron chi connectivity index (χ3n) is 5.99. The van der Waals surface area contributed by atoms with E-state index in [1.165, 1.54) is 6.42 Å². The summed E-state index contributed by atoms with van der Waals surface area (Å²) >= 11 is 0. The van der Waals surface area contributed by atoms with Crippen LogP contribution in [0.15, 0.2) is 0 Å². The molecule has 0 aromatic carbocycles. The average molecular weight is 410 g/mol. The van der Waals surface area contributed by atoms with Crippen molar-refractivity contribution in [3.8, 4) is 0 Å². The van der Waals surface area contributed by atoms with Gasteiger partial charge in [0.2, 0.25) is 17.7 Å². The van der Waals surface area contributed by atoms with E-state index >= 15 is 0 Å². The first-order valence-corrected chi connectivity index (χ1v) is 11.5. The van der Waals surface area contributed by atoms with Gasteiger partial charge in [0.25, 0.3) is 0 Å². The largest absolute Gasteiger partial charge is 0.354 e. The van der Waals surface area contributed by atoms with Gasteiger partial charge in [-0.15, -0.1) is 0 Å². The summed E-state index contributed by atoms with van der Waals surface area (Å²) in [6.07, 6.45) is 7.00. The van der Waals surface area contributed by atoms with E-state index in [1.54, 1.807) is 19.0 Å². The minimum absolute atomic E-state index is 0.0109. The molecule has 1 N–H and O–H groups in total. The standard InChI is InChI=1S/C23H43N3O3/c1-7-19(23(29)26-15-9-8-10-16-26)13-14-20(21(27)24-17(2)3)12-11-18(4)22(28)25(5)6/h17-20H,7-16H2,1-6H3,(H,24,27). The van der Waals surface area contributed by atoms with Gasteiger partial charge in [0.05, 0.1) is 0 Å². The van der Waals surface area contributed by atoms with E-state index in [2.05, 4.69) is 12.2 Å². The molecular formula is C23H43N3O3. The zero-order valence-electron chi connectivity index (χ0n) is 19.5. The number of carbonyl (C=O) groups is 3. The highest BCUT2D eigenvalue weighted by Gasteiger charge is 2.28. The molecule has 1 aliphatic rings. The summed E-state index contributed by atoms with van der Waals surface area (Å²) in [7, 11) is 3.53. The van der Waals surface area contributed by atoms with Crippen LogP contribution in [-0.4, -0.2) is 60.7 Å². The van der Waals surface area contributed by atoms with E-state index in [-0.39, 0.29) is 41.5 Å². The van der Waals surface area contributed by atoms with Crippen molar-refractivity contribution >= 4 is 17.7 Å². The van der Waals surface area contributed by atoms with Gasteiger partial charge in [-0.25, -0.2) is 0 Å². The van der Waals surface area contributed by atoms with Crippen molar-refractivity contribution in [3.63, 3.8) is 0 Å². The summed E-state index contributed by atoms with van der Waals surface area (Å²) in [6.45, 7) is 9.65. The van der Waals surface area contributed by atoms with Gasteiger partial charge < -0.3 is 15.1 Å². The Morgan fingerprint density at radius 1 is 0.897 bits per heavy atom. The molecule has 0 saturated carbocycles. The highest BCUT2D eigenvalue weighted by molar-refractivity contribution is 5.80. The molecule has 1 heterocycles. The maximum absolute atomic E-state index is 12.9. The second kappa shape index (κ2) is 12.9. The van der Waals surface area contributed by atoms with Crippen LogP contribution in [0.25, 0.3) is 0 Å². The van der Waals surface area contributed by atoms with Gasteiger partial charge in [0.1, 0.15) is 0 Å². The van der Waals surface area contributed by atoms with Gasteiger partial charge in [-0.3, -0.25) is 14.4 Å². The van der Waals surface area contributed by atoms with E-state index in [0.29, 0.717) is 19.3 Å². The second-order valence-electron chi connectivity index (χ2n) is 9.14. The van der Waals surface area contributed by atoms with Gasteiger partial charge in [-0.05, 0) is 65.2 Å². The van der Waals surface area contributed by atoms with E-state index in [4.69, 9.17) is 0 Å². The number of piperidine rings is 1. The van der Waals surface area contributed by atoms with Gasteiger partial charge in [-0.2, -0.15) is 0 Å². The Hall–Kier alpha value is -1.59. The fraction of sp³-hybridized carbons (Fsp3) is 0.870. The summed E-state index contributed by atoms with van der Waals surface area (Å²) in [5.74, 6) is 0.133. The Balaban J connectivity index is 2.70. The average Bonchev–Trinajstić information content (AvgIpc) is 2.69. The zero-order valence-corrected chi connectivity index (χ0v) is 19.5. The molecule has 1 fully saturated rings. The molecule has 0 radical (unpaired) electrons. The van der Waals surface area contributed by atoms with E-state index in [1.807, 2.05) is 25.7 Å². The molecule has 29 heavy (non-hydrogen) atoms. The lowest BCUT2D eigenvalue weighted by Gasteiger charge is -2.30. The third-order valence-corrected chi connectivity index (χ3v) is 5.99. The first-order valence-electron chi connectivity index (χ1n) is 11.5. The van der Waals surface area contributed by atoms with Crippen molar-refractivity contribution in [1.29, 1.82) is 0 Å². The molecule has 0 spiro atoms. The smallest absolute Gasteiger partial charge is 0.225 e. The van der Waals surface area contributed by atoms with Gasteiger partial charge in [0.15, 0.2) is 0 Å². The highest BCUT2D eigenvalue weighted by atomic mass is 16.2. The van der Waals surface area contributed by atoms with Gasteiger partial charge >= 0.3 is 0 Å². The van der Waals surface area contributed by atoms with Crippen molar-refractivity contribution in [2.24, 2.45) is 17.8 Å². The number of likely N-dealkylation sites (tertiary alicyclic amines) is 1. The first kappa shape index (κ1) is 25.4. The molecule has 1 saturated heterocycles. The minimum atomic E-state index is -0.155. The van der Waals surface area contributed by atoms with Crippen LogP contribution in [0.4, 0.5) is 0 Å². The van der Waals surface area contributed by atoms with E-state index in [9.17, 15) is 14.4 Å². The molecule has 0 aromatic heterocycles. The van der Waals surface area contributed by atoms with Crippen LogP contribution in [0.5, 0.6) is 0 Å². The maximum atomic E-state index is 12.9. The third kappa shape index (κ3) is 8.75. The fourth-order valence-electron chi connectivity index (χ4n) is 4.10. The molecule has 0 bridgehead atoms. The van der Waals surface area contributed by atoms with Crippen molar-refractivity contribution in [3.05, 3.63) is 0 Å². The van der Waals surface area contributed by atoms with Crippen LogP contribution in [0.2, 0.25) is 0 Å². The number of carbonyl (C=O) groups excluding carboxylic acids is 3. The van der Waals surface area contributed by atoms with E-state index < -0.39 is 0 Å². The molecule has 3 unspecified atom stereocenters. The van der Waals surface area contributed by atoms with Crippen LogP contribution >= 0.6 is 0 Å². The SMILES string of the molecule is CCC(CCC(CCC(C)C(=O)N(C)C)C(=O)NC(C)C)C(=O)N1CCCCC1. The molecule has 168 valence electrons. The molecular weight excluding hydrogens is 366 g/mol. The van der Waals surface area contributed by atoms with Gasteiger partial charge in [0, 0.05) is 51.0 Å². The van der Waals surface area contributed by atoms with Crippen molar-refractivity contribution < 1.29 is 14.4 Å². The van der Waals surface area contributed by atoms with E-state index in [0.717, 1.165) is 38.8 Å². The lowest BCUT2D eigenvalue weighted by atomic mass is 9.87. The molecule has 3 amide bonds. The molecule has 6 heteroatoms. The number of nitrogens with zero attached hydrogens (tertiary/aromatic N) is 2. The summed E-state index contributed by atoms with van der Waals surface area (Å²) < 4.78 is 0. The summed E-state index contributed by atoms with van der Waals surface area (Å²) in [6, 6.07) is 0.0859. The van der Waals surface area contributed by atoms with Crippen molar-refractivity contribution in [1.82, 2.24) is 15.1 Å². The molecule has 6 nitrogen and oxygen atoms in total. The number of amides is 3. The van der Waals surface area contributed by atoms with Crippen LogP contribution in [0.3, 0.4) is 0 Å². The number of hydrogen-bond acceptors (Lipinski definition) is 3. The second-order valence-corrected chi connectivity index (χ2v) is 9.14. The van der Waals surface area contributed by atoms with Crippen molar-refractivity contribution in [2.45, 2.75) is 85.1 Å². The molecule has 3 atom stereocenters. The minimum Gasteiger partial charge on any atom is -0.354 e. The summed E-state index contributed by atoms with van der Waals surface area (Å²) in [5, 5.41) is 3.02. The molecule has 0 aliphatic carbocycles. The lowest BCUT2D eigenvalue weighted by Crippen LogP contribution is -2.40. The van der Waals surface area contributed by atoms with Crippen LogP contribution in [-0.2, 0) is 14.4 Å². The van der Waals surface area contributed by atoms with Gasteiger partial charge in [-0.1, -0.05) is 13.8 Å². The van der Waals surface area contributed by atoms with Crippen LogP contribution < -0.4 is 5.32 Å². The predicted molar refractivity (Wildman–Crippen MR) is 117 cm³/mol. The lowest BCUT2D eigenvalue weighted by molar-refractivity contribution is -0.137. The highest BCUT2D eigenvalue weighted by Crippen LogP contribution is 2.25. The predicted octanol–water partition coefficient (Wildman–Crippen LogP) is 3.45. The number of hydrogen-bond donors (Lipinski definition) is 1. The van der Waals surface area contributed by atoms with Crippen molar-refractivity contribution in [2.75, 3.05) is 27.2 Å². The Labute approximate surface area is 177 Å². The first-order chi connectivity index (χ1) is 13.7. The Kier molecular flexibility index (Phi) is 11.3. The maximum Gasteiger partial charge on any atom is 0.225 e.